The molecule has 0 unspecified atom stereocenters. The van der Waals surface area contributed by atoms with Crippen LogP contribution in [0.1, 0.15) is 16.8 Å². The highest BCUT2D eigenvalue weighted by atomic mass is 15.1. The molecule has 0 aromatic carbocycles. The van der Waals surface area contributed by atoms with E-state index in [4.69, 9.17) is 5.26 Å². The third kappa shape index (κ3) is 2.98. The Morgan fingerprint density at radius 2 is 2.06 bits per heavy atom. The van der Waals surface area contributed by atoms with Gasteiger partial charge in [0.2, 0.25) is 5.95 Å². The van der Waals surface area contributed by atoms with Gasteiger partial charge in [-0.1, -0.05) is 0 Å². The van der Waals surface area contributed by atoms with Crippen molar-refractivity contribution < 1.29 is 0 Å². The molecule has 0 spiro atoms. The van der Waals surface area contributed by atoms with Gasteiger partial charge in [0.1, 0.15) is 6.07 Å². The minimum Gasteiger partial charge on any atom is -0.349 e. The SMILES string of the molecule is Cc1ccnc(CNc2ncc(C#N)cn2)c1. The minimum absolute atomic E-state index is 0.448. The van der Waals surface area contributed by atoms with Crippen LogP contribution in [0.25, 0.3) is 0 Å². The van der Waals surface area contributed by atoms with E-state index in [0.29, 0.717) is 18.1 Å². The maximum atomic E-state index is 8.61. The van der Waals surface area contributed by atoms with E-state index in [2.05, 4.69) is 20.3 Å². The molecule has 0 saturated carbocycles. The second-order valence-electron chi connectivity index (χ2n) is 3.59. The number of hydrogen-bond acceptors (Lipinski definition) is 5. The number of pyridine rings is 1. The molecule has 2 heterocycles. The number of anilines is 1. The third-order valence-electron chi connectivity index (χ3n) is 2.18. The summed E-state index contributed by atoms with van der Waals surface area (Å²) in [6.07, 6.45) is 4.74. The number of aromatic nitrogens is 3. The van der Waals surface area contributed by atoms with Gasteiger partial charge in [-0.25, -0.2) is 9.97 Å². The summed E-state index contributed by atoms with van der Waals surface area (Å²) in [5.41, 5.74) is 2.54. The van der Waals surface area contributed by atoms with Gasteiger partial charge in [-0.2, -0.15) is 5.26 Å². The number of rotatable bonds is 3. The molecule has 0 aliphatic heterocycles. The molecule has 2 aromatic rings. The number of nitrogens with zero attached hydrogens (tertiary/aromatic N) is 4. The molecule has 2 rings (SSSR count). The molecule has 0 bridgehead atoms. The Morgan fingerprint density at radius 1 is 1.29 bits per heavy atom. The molecule has 5 heteroatoms. The molecule has 0 radical (unpaired) electrons. The molecule has 0 atom stereocenters. The van der Waals surface area contributed by atoms with Gasteiger partial charge in [0.25, 0.3) is 0 Å². The zero-order valence-corrected chi connectivity index (χ0v) is 9.38. The minimum atomic E-state index is 0.448. The van der Waals surface area contributed by atoms with Crippen LogP contribution < -0.4 is 5.32 Å². The summed E-state index contributed by atoms with van der Waals surface area (Å²) in [6.45, 7) is 2.58. The van der Waals surface area contributed by atoms with Crippen molar-refractivity contribution in [2.75, 3.05) is 5.32 Å². The smallest absolute Gasteiger partial charge is 0.222 e. The molecule has 0 fully saturated rings. The topological polar surface area (TPSA) is 74.5 Å². The van der Waals surface area contributed by atoms with Crippen LogP contribution in [0.5, 0.6) is 0 Å². The molecule has 84 valence electrons. The fourth-order valence-corrected chi connectivity index (χ4v) is 1.34. The van der Waals surface area contributed by atoms with Crippen LogP contribution in [0.3, 0.4) is 0 Å². The summed E-state index contributed by atoms with van der Waals surface area (Å²) in [7, 11) is 0. The van der Waals surface area contributed by atoms with Crippen molar-refractivity contribution in [2.45, 2.75) is 13.5 Å². The van der Waals surface area contributed by atoms with E-state index in [1.807, 2.05) is 25.1 Å². The molecular weight excluding hydrogens is 214 g/mol. The first-order chi connectivity index (χ1) is 8.28. The first-order valence-electron chi connectivity index (χ1n) is 5.15. The average molecular weight is 225 g/mol. The van der Waals surface area contributed by atoms with Crippen molar-refractivity contribution in [1.29, 1.82) is 5.26 Å². The summed E-state index contributed by atoms with van der Waals surface area (Å²) in [5.74, 6) is 0.493. The van der Waals surface area contributed by atoms with E-state index in [-0.39, 0.29) is 0 Å². The fourth-order valence-electron chi connectivity index (χ4n) is 1.34. The Labute approximate surface area is 99.2 Å². The van der Waals surface area contributed by atoms with Crippen molar-refractivity contribution in [3.05, 3.63) is 47.5 Å². The molecular formula is C12H11N5. The lowest BCUT2D eigenvalue weighted by atomic mass is 10.2. The van der Waals surface area contributed by atoms with Gasteiger partial charge in [-0.05, 0) is 24.6 Å². The number of aryl methyl sites for hydroxylation is 1. The summed E-state index contributed by atoms with van der Waals surface area (Å²) < 4.78 is 0. The fraction of sp³-hybridized carbons (Fsp3) is 0.167. The van der Waals surface area contributed by atoms with Crippen LogP contribution in [0.15, 0.2) is 30.7 Å². The maximum Gasteiger partial charge on any atom is 0.222 e. The average Bonchev–Trinajstić information content (AvgIpc) is 2.37. The molecule has 17 heavy (non-hydrogen) atoms. The number of nitrogens with one attached hydrogen (secondary N) is 1. The van der Waals surface area contributed by atoms with E-state index in [0.717, 1.165) is 11.3 Å². The Balaban J connectivity index is 2.00. The van der Waals surface area contributed by atoms with Gasteiger partial charge >= 0.3 is 0 Å². The van der Waals surface area contributed by atoms with Crippen LogP contribution in [0, 0.1) is 18.3 Å². The first-order valence-corrected chi connectivity index (χ1v) is 5.15. The number of nitriles is 1. The van der Waals surface area contributed by atoms with Gasteiger partial charge in [0, 0.05) is 6.20 Å². The number of hydrogen-bond donors (Lipinski definition) is 1. The van der Waals surface area contributed by atoms with Crippen molar-refractivity contribution in [3.8, 4) is 6.07 Å². The normalized spacial score (nSPS) is 9.65. The Morgan fingerprint density at radius 3 is 2.71 bits per heavy atom. The highest BCUT2D eigenvalue weighted by Gasteiger charge is 1.98. The monoisotopic (exact) mass is 225 g/mol. The molecule has 0 aliphatic rings. The zero-order valence-electron chi connectivity index (χ0n) is 9.38. The molecule has 2 aromatic heterocycles. The van der Waals surface area contributed by atoms with E-state index in [9.17, 15) is 0 Å². The van der Waals surface area contributed by atoms with E-state index in [1.165, 1.54) is 12.4 Å². The van der Waals surface area contributed by atoms with Crippen molar-refractivity contribution in [2.24, 2.45) is 0 Å². The van der Waals surface area contributed by atoms with Gasteiger partial charge in [0.05, 0.1) is 30.2 Å². The zero-order chi connectivity index (χ0) is 12.1. The largest absolute Gasteiger partial charge is 0.349 e. The van der Waals surface area contributed by atoms with Crippen LogP contribution >= 0.6 is 0 Å². The predicted octanol–water partition coefficient (Wildman–Crippen LogP) is 1.66. The highest BCUT2D eigenvalue weighted by molar-refractivity contribution is 5.30. The van der Waals surface area contributed by atoms with Gasteiger partial charge < -0.3 is 5.32 Å². The molecule has 0 amide bonds. The second-order valence-corrected chi connectivity index (χ2v) is 3.59. The predicted molar refractivity (Wildman–Crippen MR) is 63.0 cm³/mol. The van der Waals surface area contributed by atoms with Crippen molar-refractivity contribution in [1.82, 2.24) is 15.0 Å². The Bertz CT molecular complexity index is 542. The van der Waals surface area contributed by atoms with Crippen LogP contribution in [0.2, 0.25) is 0 Å². The second kappa shape index (κ2) is 5.03. The molecule has 0 saturated heterocycles. The van der Waals surface area contributed by atoms with E-state index < -0.39 is 0 Å². The summed E-state index contributed by atoms with van der Waals surface area (Å²) >= 11 is 0. The molecule has 5 nitrogen and oxygen atoms in total. The van der Waals surface area contributed by atoms with Crippen LogP contribution in [-0.2, 0) is 6.54 Å². The van der Waals surface area contributed by atoms with Gasteiger partial charge in [-0.15, -0.1) is 0 Å². The summed E-state index contributed by atoms with van der Waals surface area (Å²) in [4.78, 5) is 12.2. The van der Waals surface area contributed by atoms with Gasteiger partial charge in [0.15, 0.2) is 0 Å². The maximum absolute atomic E-state index is 8.61. The summed E-state index contributed by atoms with van der Waals surface area (Å²) in [5, 5.41) is 11.7. The standard InChI is InChI=1S/C12H11N5/c1-9-2-3-14-11(4-9)8-17-12-15-6-10(5-13)7-16-12/h2-4,6-7H,8H2,1H3,(H,15,16,17). The molecule has 1 N–H and O–H groups in total. The molecule has 0 aliphatic carbocycles. The quantitative estimate of drug-likeness (QED) is 0.859. The lowest BCUT2D eigenvalue weighted by Crippen LogP contribution is -2.05. The summed E-state index contributed by atoms with van der Waals surface area (Å²) in [6, 6.07) is 5.91. The lowest BCUT2D eigenvalue weighted by molar-refractivity contribution is 0.994. The third-order valence-corrected chi connectivity index (χ3v) is 2.18. The van der Waals surface area contributed by atoms with Crippen LogP contribution in [0.4, 0.5) is 5.95 Å². The van der Waals surface area contributed by atoms with Crippen LogP contribution in [-0.4, -0.2) is 15.0 Å². The van der Waals surface area contributed by atoms with E-state index in [1.54, 1.807) is 6.20 Å². The highest BCUT2D eigenvalue weighted by Crippen LogP contribution is 2.03. The van der Waals surface area contributed by atoms with Crippen molar-refractivity contribution >= 4 is 5.95 Å². The first kappa shape index (κ1) is 11.0. The lowest BCUT2D eigenvalue weighted by Gasteiger charge is -2.04. The van der Waals surface area contributed by atoms with Gasteiger partial charge in [-0.3, -0.25) is 4.98 Å². The Kier molecular flexibility index (Phi) is 3.26. The van der Waals surface area contributed by atoms with Crippen molar-refractivity contribution in [3.63, 3.8) is 0 Å². The Hall–Kier alpha value is -2.48. The van der Waals surface area contributed by atoms with E-state index >= 15 is 0 Å².